The third kappa shape index (κ3) is 6.15. The third-order valence-corrected chi connectivity index (χ3v) is 7.26. The van der Waals surface area contributed by atoms with Crippen molar-refractivity contribution < 1.29 is 18.4 Å². The zero-order valence-electron chi connectivity index (χ0n) is 21.3. The Balaban J connectivity index is 1.24. The van der Waals surface area contributed by atoms with Crippen LogP contribution in [0.3, 0.4) is 0 Å². The first kappa shape index (κ1) is 26.9. The number of hydrogen-bond acceptors (Lipinski definition) is 6. The minimum Gasteiger partial charge on any atom is -0.398 e. The lowest BCUT2D eigenvalue weighted by molar-refractivity contribution is 0.0935. The highest BCUT2D eigenvalue weighted by Gasteiger charge is 2.20. The predicted octanol–water partition coefficient (Wildman–Crippen LogP) is 5.62. The number of nitrogens with one attached hydrogen (secondary N) is 3. The quantitative estimate of drug-likeness (QED) is 0.130. The number of nitrogens with zero attached hydrogens (tertiary/aromatic N) is 2. The maximum absolute atomic E-state index is 13.5. The number of halogens is 2. The predicted molar refractivity (Wildman–Crippen MR) is 151 cm³/mol. The van der Waals surface area contributed by atoms with Gasteiger partial charge in [-0.05, 0) is 42.2 Å². The first-order chi connectivity index (χ1) is 19.4. The molecule has 0 radical (unpaired) electrons. The average molecular weight is 561 g/mol. The molecule has 40 heavy (non-hydrogen) atoms. The van der Waals surface area contributed by atoms with Crippen LogP contribution in [-0.4, -0.2) is 33.3 Å². The fourth-order valence-corrected chi connectivity index (χ4v) is 4.90. The van der Waals surface area contributed by atoms with Gasteiger partial charge in [0.15, 0.2) is 11.6 Å². The minimum absolute atomic E-state index is 0.120. The van der Waals surface area contributed by atoms with E-state index in [1.165, 1.54) is 17.5 Å². The van der Waals surface area contributed by atoms with Gasteiger partial charge in [0.1, 0.15) is 10.7 Å². The Kier molecular flexibility index (Phi) is 8.11. The lowest BCUT2D eigenvalue weighted by atomic mass is 10.1. The van der Waals surface area contributed by atoms with E-state index >= 15 is 0 Å². The van der Waals surface area contributed by atoms with Gasteiger partial charge in [0.2, 0.25) is 0 Å². The van der Waals surface area contributed by atoms with Gasteiger partial charge in [-0.2, -0.15) is 0 Å². The highest BCUT2D eigenvalue weighted by Crippen LogP contribution is 2.26. The number of aromatic amines is 1. The largest absolute Gasteiger partial charge is 0.398 e. The molecule has 8 nitrogen and oxygen atoms in total. The molecular weight excluding hydrogens is 534 g/mol. The van der Waals surface area contributed by atoms with Crippen LogP contribution in [0, 0.1) is 11.6 Å². The van der Waals surface area contributed by atoms with Crippen molar-refractivity contribution in [3.05, 3.63) is 100 Å². The number of H-pyrrole nitrogens is 1. The average Bonchev–Trinajstić information content (AvgIpc) is 3.67. The van der Waals surface area contributed by atoms with Gasteiger partial charge in [-0.25, -0.2) is 13.8 Å². The first-order valence-corrected chi connectivity index (χ1v) is 13.5. The van der Waals surface area contributed by atoms with E-state index in [4.69, 9.17) is 5.73 Å². The topological polar surface area (TPSA) is 126 Å². The van der Waals surface area contributed by atoms with Gasteiger partial charge in [-0.15, -0.1) is 11.3 Å². The maximum Gasteiger partial charge on any atom is 0.263 e. The molecule has 3 aromatic carbocycles. The summed E-state index contributed by atoms with van der Waals surface area (Å²) in [5.41, 5.74) is 8.80. The number of unbranched alkanes of at least 4 members (excludes halogenated alkanes) is 1. The van der Waals surface area contributed by atoms with Crippen molar-refractivity contribution in [2.45, 2.75) is 25.3 Å². The van der Waals surface area contributed by atoms with Gasteiger partial charge < -0.3 is 21.4 Å². The van der Waals surface area contributed by atoms with E-state index in [-0.39, 0.29) is 23.7 Å². The summed E-state index contributed by atoms with van der Waals surface area (Å²) < 4.78 is 26.8. The number of anilines is 1. The monoisotopic (exact) mass is 560 g/mol. The molecule has 1 atom stereocenters. The van der Waals surface area contributed by atoms with Crippen LogP contribution in [0.15, 0.2) is 72.5 Å². The highest BCUT2D eigenvalue weighted by molar-refractivity contribution is 7.11. The molecular formula is C29H26F2N6O2S. The number of carbonyl (C=O) groups is 2. The lowest BCUT2D eigenvalue weighted by Crippen LogP contribution is -2.29. The summed E-state index contributed by atoms with van der Waals surface area (Å²) in [7, 11) is 0. The molecule has 0 bridgehead atoms. The molecule has 11 heteroatoms. The van der Waals surface area contributed by atoms with Gasteiger partial charge in [-0.1, -0.05) is 36.4 Å². The molecule has 0 aliphatic heterocycles. The second-order valence-electron chi connectivity index (χ2n) is 9.24. The fraction of sp³-hybridized carbons (Fsp3) is 0.172. The Bertz CT molecular complexity index is 1650. The van der Waals surface area contributed by atoms with E-state index in [9.17, 15) is 18.4 Å². The summed E-state index contributed by atoms with van der Waals surface area (Å²) in [6.45, 7) is 0.285. The van der Waals surface area contributed by atoms with E-state index in [2.05, 4.69) is 43.8 Å². The minimum atomic E-state index is -1.14. The van der Waals surface area contributed by atoms with Crippen molar-refractivity contribution in [2.24, 2.45) is 0 Å². The normalized spacial score (nSPS) is 11.8. The van der Waals surface area contributed by atoms with Crippen LogP contribution in [0.4, 0.5) is 14.5 Å². The molecule has 0 unspecified atom stereocenters. The molecule has 2 aromatic heterocycles. The summed E-state index contributed by atoms with van der Waals surface area (Å²) in [6.07, 6.45) is 5.00. The SMILES string of the molecule is Nc1cc(F)c(F)cc1C(=O)NCCCC[C@H](NC(=O)c1cncs1)c1ncc(-c2ccc3ccccc3c2)[nH]1. The number of aromatic nitrogens is 3. The second-order valence-corrected chi connectivity index (χ2v) is 10.1. The van der Waals surface area contributed by atoms with E-state index < -0.39 is 23.6 Å². The second kappa shape index (κ2) is 12.0. The molecule has 5 rings (SSSR count). The number of carbonyl (C=O) groups excluding carboxylic acids is 2. The molecule has 5 N–H and O–H groups in total. The van der Waals surface area contributed by atoms with Crippen molar-refractivity contribution in [1.82, 2.24) is 25.6 Å². The Morgan fingerprint density at radius 1 is 0.975 bits per heavy atom. The van der Waals surface area contributed by atoms with Crippen LogP contribution >= 0.6 is 11.3 Å². The van der Waals surface area contributed by atoms with E-state index in [0.29, 0.717) is 30.0 Å². The highest BCUT2D eigenvalue weighted by atomic mass is 32.1. The molecule has 0 aliphatic carbocycles. The zero-order chi connectivity index (χ0) is 28.1. The molecule has 0 spiro atoms. The van der Waals surface area contributed by atoms with Gasteiger partial charge in [0, 0.05) is 23.9 Å². The standard InChI is InChI=1S/C29H26F2N6O2S/c30-21-12-20(23(32)13-22(21)31)28(38)34-10-4-3-7-24(37-29(39)26-15-33-16-40-26)27-35-14-25(36-27)19-9-8-17-5-1-2-6-18(17)11-19/h1-2,5-6,8-9,11-16,24H,3-4,7,10,32H2,(H,34,38)(H,35,36)(H,37,39)/t24-/m0/s1. The number of amides is 2. The maximum atomic E-state index is 13.5. The van der Waals surface area contributed by atoms with E-state index in [0.717, 1.165) is 34.2 Å². The van der Waals surface area contributed by atoms with Crippen molar-refractivity contribution >= 4 is 39.6 Å². The van der Waals surface area contributed by atoms with Crippen LogP contribution in [0.5, 0.6) is 0 Å². The fourth-order valence-electron chi connectivity index (χ4n) is 4.38. The summed E-state index contributed by atoms with van der Waals surface area (Å²) >= 11 is 1.25. The molecule has 0 fully saturated rings. The van der Waals surface area contributed by atoms with Crippen molar-refractivity contribution in [3.63, 3.8) is 0 Å². The van der Waals surface area contributed by atoms with Crippen LogP contribution in [0.25, 0.3) is 22.0 Å². The molecule has 5 aromatic rings. The number of thiazole rings is 1. The number of imidazole rings is 1. The van der Waals surface area contributed by atoms with Crippen molar-refractivity contribution in [2.75, 3.05) is 12.3 Å². The first-order valence-electron chi connectivity index (χ1n) is 12.6. The van der Waals surface area contributed by atoms with Crippen molar-refractivity contribution in [1.29, 1.82) is 0 Å². The van der Waals surface area contributed by atoms with Gasteiger partial charge in [0.25, 0.3) is 11.8 Å². The van der Waals surface area contributed by atoms with Crippen LogP contribution in [0.1, 0.15) is 51.2 Å². The van der Waals surface area contributed by atoms with Gasteiger partial charge in [0.05, 0.1) is 35.2 Å². The smallest absolute Gasteiger partial charge is 0.263 e. The lowest BCUT2D eigenvalue weighted by Gasteiger charge is -2.16. The number of benzene rings is 3. The molecule has 2 heterocycles. The molecule has 0 aliphatic rings. The van der Waals surface area contributed by atoms with E-state index in [1.54, 1.807) is 11.7 Å². The van der Waals surface area contributed by atoms with Crippen LogP contribution in [0.2, 0.25) is 0 Å². The van der Waals surface area contributed by atoms with E-state index in [1.807, 2.05) is 24.3 Å². The third-order valence-electron chi connectivity index (χ3n) is 6.49. The Hall–Kier alpha value is -4.64. The molecule has 204 valence electrons. The van der Waals surface area contributed by atoms with Gasteiger partial charge >= 0.3 is 0 Å². The van der Waals surface area contributed by atoms with Crippen molar-refractivity contribution in [3.8, 4) is 11.3 Å². The molecule has 0 saturated heterocycles. The van der Waals surface area contributed by atoms with Crippen LogP contribution in [-0.2, 0) is 0 Å². The summed E-state index contributed by atoms with van der Waals surface area (Å²) in [5, 5.41) is 7.96. The number of fused-ring (bicyclic) bond motifs is 1. The Labute approximate surface area is 232 Å². The Morgan fingerprint density at radius 2 is 1.77 bits per heavy atom. The molecule has 2 amide bonds. The van der Waals surface area contributed by atoms with Crippen LogP contribution < -0.4 is 16.4 Å². The Morgan fingerprint density at radius 3 is 2.58 bits per heavy atom. The zero-order valence-corrected chi connectivity index (χ0v) is 22.1. The summed E-state index contributed by atoms with van der Waals surface area (Å²) in [5.74, 6) is -2.47. The summed E-state index contributed by atoms with van der Waals surface area (Å²) in [6, 6.07) is 15.4. The number of nitrogens with two attached hydrogens (primary N) is 1. The molecule has 0 saturated carbocycles. The summed E-state index contributed by atoms with van der Waals surface area (Å²) in [4.78, 5) is 37.6. The number of nitrogen functional groups attached to an aromatic ring is 1. The van der Waals surface area contributed by atoms with Gasteiger partial charge in [-0.3, -0.25) is 14.6 Å². The number of hydrogen-bond donors (Lipinski definition) is 4. The number of rotatable bonds is 10.